The van der Waals surface area contributed by atoms with E-state index in [1.165, 1.54) is 39.2 Å². The van der Waals surface area contributed by atoms with Gasteiger partial charge in [-0.15, -0.1) is 0 Å². The lowest BCUT2D eigenvalue weighted by Crippen LogP contribution is -2.08. The molecule has 0 aromatic heterocycles. The first-order valence-electron chi connectivity index (χ1n) is 10.3. The third-order valence-corrected chi connectivity index (χ3v) is 4.39. The monoisotopic (exact) mass is 379 g/mol. The fourth-order valence-corrected chi connectivity index (χ4v) is 2.72. The standard InChI is InChI=1S/C21H37N3O3/c1-27-21(26)18-16-14-12-10-8-6-4-2-3-5-7-9-11-13-15-17-20(19-25)23-24-22/h9-12,20,25H,2-8,13-19H2,1H3/b11-9-,12-10-/t20-/m0/s1. The molecule has 0 heterocycles. The van der Waals surface area contributed by atoms with E-state index in [-0.39, 0.29) is 18.6 Å². The second kappa shape index (κ2) is 20.5. The predicted molar refractivity (Wildman–Crippen MR) is 110 cm³/mol. The Balaban J connectivity index is 3.32. The number of aliphatic hydroxyl groups excluding tert-OH is 1. The van der Waals surface area contributed by atoms with Crippen molar-refractivity contribution in [3.05, 3.63) is 34.7 Å². The molecule has 0 bridgehead atoms. The highest BCUT2D eigenvalue weighted by Crippen LogP contribution is 2.10. The zero-order valence-electron chi connectivity index (χ0n) is 16.9. The van der Waals surface area contributed by atoms with E-state index in [0.717, 1.165) is 44.9 Å². The minimum atomic E-state index is -0.280. The molecule has 0 spiro atoms. The zero-order chi connectivity index (χ0) is 20.0. The number of carbonyl (C=O) groups is 1. The van der Waals surface area contributed by atoms with E-state index < -0.39 is 0 Å². The molecule has 0 saturated heterocycles. The number of rotatable bonds is 18. The van der Waals surface area contributed by atoms with Crippen LogP contribution >= 0.6 is 0 Å². The summed E-state index contributed by atoms with van der Waals surface area (Å²) in [6.07, 6.45) is 22.4. The maximum atomic E-state index is 10.9. The van der Waals surface area contributed by atoms with E-state index in [9.17, 15) is 4.79 Å². The number of azide groups is 1. The van der Waals surface area contributed by atoms with Gasteiger partial charge in [0.2, 0.25) is 0 Å². The summed E-state index contributed by atoms with van der Waals surface area (Å²) in [4.78, 5) is 13.7. The van der Waals surface area contributed by atoms with E-state index in [1.807, 2.05) is 0 Å². The Labute approximate surface area is 164 Å². The number of ether oxygens (including phenoxy) is 1. The van der Waals surface area contributed by atoms with Crippen molar-refractivity contribution in [3.8, 4) is 0 Å². The molecule has 154 valence electrons. The highest BCUT2D eigenvalue weighted by molar-refractivity contribution is 5.68. The number of nitrogens with zero attached hydrogens (tertiary/aromatic N) is 3. The fraction of sp³-hybridized carbons (Fsp3) is 0.762. The van der Waals surface area contributed by atoms with Crippen LogP contribution in [0.4, 0.5) is 0 Å². The summed E-state index contributed by atoms with van der Waals surface area (Å²) in [5, 5.41) is 12.6. The number of esters is 1. The van der Waals surface area contributed by atoms with Crippen molar-refractivity contribution in [1.82, 2.24) is 0 Å². The number of hydrogen-bond donors (Lipinski definition) is 1. The molecule has 0 amide bonds. The summed E-state index contributed by atoms with van der Waals surface area (Å²) in [7, 11) is 1.43. The van der Waals surface area contributed by atoms with Gasteiger partial charge in [0.15, 0.2) is 0 Å². The fourth-order valence-electron chi connectivity index (χ4n) is 2.72. The Morgan fingerprint density at radius 2 is 1.48 bits per heavy atom. The molecule has 0 unspecified atom stereocenters. The van der Waals surface area contributed by atoms with Crippen LogP contribution in [-0.4, -0.2) is 30.8 Å². The Kier molecular flexibility index (Phi) is 19.2. The van der Waals surface area contributed by atoms with Crippen LogP contribution < -0.4 is 0 Å². The Morgan fingerprint density at radius 3 is 2.00 bits per heavy atom. The van der Waals surface area contributed by atoms with Gasteiger partial charge in [0.05, 0.1) is 19.8 Å². The molecule has 0 aromatic rings. The molecule has 0 rings (SSSR count). The van der Waals surface area contributed by atoms with Crippen LogP contribution in [0.1, 0.15) is 83.5 Å². The molecule has 0 fully saturated rings. The van der Waals surface area contributed by atoms with E-state index >= 15 is 0 Å². The van der Waals surface area contributed by atoms with Crippen molar-refractivity contribution in [3.63, 3.8) is 0 Å². The van der Waals surface area contributed by atoms with Crippen molar-refractivity contribution >= 4 is 5.97 Å². The molecule has 0 aromatic carbocycles. The van der Waals surface area contributed by atoms with Crippen molar-refractivity contribution in [1.29, 1.82) is 0 Å². The van der Waals surface area contributed by atoms with Crippen LogP contribution in [0.5, 0.6) is 0 Å². The highest BCUT2D eigenvalue weighted by atomic mass is 16.5. The maximum absolute atomic E-state index is 10.9. The molecule has 0 radical (unpaired) electrons. The van der Waals surface area contributed by atoms with Crippen LogP contribution in [0.15, 0.2) is 29.4 Å². The van der Waals surface area contributed by atoms with E-state index in [2.05, 4.69) is 39.1 Å². The smallest absolute Gasteiger partial charge is 0.305 e. The molecular weight excluding hydrogens is 342 g/mol. The first-order chi connectivity index (χ1) is 13.2. The van der Waals surface area contributed by atoms with Gasteiger partial charge in [0.1, 0.15) is 0 Å². The third-order valence-electron chi connectivity index (χ3n) is 4.39. The number of aliphatic hydroxyl groups is 1. The number of methoxy groups -OCH3 is 1. The van der Waals surface area contributed by atoms with Crippen molar-refractivity contribution in [2.24, 2.45) is 5.11 Å². The topological polar surface area (TPSA) is 95.3 Å². The zero-order valence-corrected chi connectivity index (χ0v) is 16.9. The molecule has 0 aliphatic heterocycles. The van der Waals surface area contributed by atoms with Crippen molar-refractivity contribution < 1.29 is 14.6 Å². The Bertz CT molecular complexity index is 458. The largest absolute Gasteiger partial charge is 0.469 e. The SMILES string of the molecule is COC(=O)CCC/C=C\CCCCCCC/C=C\CCC[C@@H](CO)N=[N+]=[N-]. The molecule has 1 atom stereocenters. The number of carbonyl (C=O) groups excluding carboxylic acids is 1. The van der Waals surface area contributed by atoms with Gasteiger partial charge in [-0.05, 0) is 63.3 Å². The van der Waals surface area contributed by atoms with Crippen molar-refractivity contribution in [2.75, 3.05) is 13.7 Å². The summed E-state index contributed by atoms with van der Waals surface area (Å²) >= 11 is 0. The average molecular weight is 380 g/mol. The van der Waals surface area contributed by atoms with Crippen LogP contribution in [0, 0.1) is 0 Å². The summed E-state index contributed by atoms with van der Waals surface area (Å²) in [6.45, 7) is -0.0705. The van der Waals surface area contributed by atoms with Gasteiger partial charge in [-0.1, -0.05) is 48.7 Å². The van der Waals surface area contributed by atoms with Gasteiger partial charge >= 0.3 is 5.97 Å². The molecule has 0 aliphatic rings. The molecule has 6 heteroatoms. The van der Waals surface area contributed by atoms with E-state index in [0.29, 0.717) is 6.42 Å². The average Bonchev–Trinajstić information content (AvgIpc) is 2.69. The van der Waals surface area contributed by atoms with Crippen molar-refractivity contribution in [2.45, 2.75) is 89.5 Å². The summed E-state index contributed by atoms with van der Waals surface area (Å²) in [5.74, 6) is -0.126. The number of unbranched alkanes of at least 4 members (excludes halogenated alkanes) is 8. The highest BCUT2D eigenvalue weighted by Gasteiger charge is 2.02. The Hall–Kier alpha value is -1.78. The molecular formula is C21H37N3O3. The lowest BCUT2D eigenvalue weighted by Gasteiger charge is -2.04. The lowest BCUT2D eigenvalue weighted by molar-refractivity contribution is -0.140. The second-order valence-electron chi connectivity index (χ2n) is 6.73. The van der Waals surface area contributed by atoms with Gasteiger partial charge in [-0.2, -0.15) is 0 Å². The molecule has 1 N–H and O–H groups in total. The Morgan fingerprint density at radius 1 is 0.963 bits per heavy atom. The van der Waals surface area contributed by atoms with E-state index in [4.69, 9.17) is 10.6 Å². The maximum Gasteiger partial charge on any atom is 0.305 e. The molecule has 27 heavy (non-hydrogen) atoms. The first kappa shape index (κ1) is 25.2. The van der Waals surface area contributed by atoms with E-state index in [1.54, 1.807) is 0 Å². The van der Waals surface area contributed by atoms with Gasteiger partial charge < -0.3 is 9.84 Å². The molecule has 0 aliphatic carbocycles. The van der Waals surface area contributed by atoms with Crippen LogP contribution in [0.2, 0.25) is 0 Å². The summed E-state index contributed by atoms with van der Waals surface area (Å²) in [6, 6.07) is -0.280. The summed E-state index contributed by atoms with van der Waals surface area (Å²) in [5.41, 5.74) is 8.34. The molecule has 6 nitrogen and oxygen atoms in total. The number of hydrogen-bond acceptors (Lipinski definition) is 4. The minimum absolute atomic E-state index is 0.0705. The van der Waals surface area contributed by atoms with Crippen LogP contribution in [0.3, 0.4) is 0 Å². The third kappa shape index (κ3) is 18.8. The second-order valence-corrected chi connectivity index (χ2v) is 6.73. The normalized spacial score (nSPS) is 12.4. The first-order valence-corrected chi connectivity index (χ1v) is 10.3. The minimum Gasteiger partial charge on any atom is -0.469 e. The quantitative estimate of drug-likeness (QED) is 0.0788. The predicted octanol–water partition coefficient (Wildman–Crippen LogP) is 6.01. The van der Waals surface area contributed by atoms with Gasteiger partial charge in [-0.3, -0.25) is 4.79 Å². The summed E-state index contributed by atoms with van der Waals surface area (Å²) < 4.78 is 4.61. The van der Waals surface area contributed by atoms with Crippen LogP contribution in [0.25, 0.3) is 10.4 Å². The lowest BCUT2D eigenvalue weighted by atomic mass is 10.1. The van der Waals surface area contributed by atoms with Gasteiger partial charge in [-0.25, -0.2) is 0 Å². The number of allylic oxidation sites excluding steroid dienone is 4. The molecule has 0 saturated carbocycles. The van der Waals surface area contributed by atoms with Gasteiger partial charge in [0, 0.05) is 11.3 Å². The van der Waals surface area contributed by atoms with Gasteiger partial charge in [0.25, 0.3) is 0 Å². The van der Waals surface area contributed by atoms with Crippen LogP contribution in [-0.2, 0) is 9.53 Å².